The lowest BCUT2D eigenvalue weighted by atomic mass is 10.0. The molecular formula is C17H25N3OS. The van der Waals surface area contributed by atoms with Gasteiger partial charge in [0.25, 0.3) is 5.91 Å². The molecule has 1 amide bonds. The van der Waals surface area contributed by atoms with Gasteiger partial charge >= 0.3 is 0 Å². The Morgan fingerprint density at radius 1 is 1.14 bits per heavy atom. The van der Waals surface area contributed by atoms with Crippen molar-refractivity contribution in [1.29, 1.82) is 0 Å². The summed E-state index contributed by atoms with van der Waals surface area (Å²) in [5.41, 5.74) is 1.94. The van der Waals surface area contributed by atoms with Crippen molar-refractivity contribution >= 4 is 27.5 Å². The molecule has 0 saturated heterocycles. The fourth-order valence-electron chi connectivity index (χ4n) is 2.64. The van der Waals surface area contributed by atoms with Crippen LogP contribution in [0.25, 0.3) is 10.2 Å². The number of rotatable bonds is 5. The Morgan fingerprint density at radius 2 is 1.82 bits per heavy atom. The molecule has 22 heavy (non-hydrogen) atoms. The summed E-state index contributed by atoms with van der Waals surface area (Å²) in [7, 11) is 0. The highest BCUT2D eigenvalue weighted by Gasteiger charge is 2.19. The minimum absolute atomic E-state index is 0.00816. The van der Waals surface area contributed by atoms with Crippen LogP contribution in [0.2, 0.25) is 0 Å². The molecule has 0 spiro atoms. The molecule has 0 aliphatic rings. The summed E-state index contributed by atoms with van der Waals surface area (Å²) in [6.07, 6.45) is 2.13. The predicted octanol–water partition coefficient (Wildman–Crippen LogP) is 4.17. The summed E-state index contributed by atoms with van der Waals surface area (Å²) in [5.74, 6) is 1.42. The third-order valence-electron chi connectivity index (χ3n) is 3.84. The van der Waals surface area contributed by atoms with Crippen molar-refractivity contribution < 1.29 is 4.79 Å². The summed E-state index contributed by atoms with van der Waals surface area (Å²) in [5, 5.41) is 4.13. The molecule has 2 aromatic rings. The van der Waals surface area contributed by atoms with Gasteiger partial charge in [0.1, 0.15) is 10.7 Å². The van der Waals surface area contributed by atoms with Crippen LogP contribution in [0, 0.1) is 26.7 Å². The number of fused-ring (bicyclic) bond motifs is 1. The van der Waals surface area contributed by atoms with E-state index in [9.17, 15) is 4.79 Å². The Hall–Kier alpha value is -1.49. The van der Waals surface area contributed by atoms with E-state index < -0.39 is 0 Å². The molecule has 0 aliphatic heterocycles. The van der Waals surface area contributed by atoms with Gasteiger partial charge in [-0.3, -0.25) is 4.79 Å². The van der Waals surface area contributed by atoms with Gasteiger partial charge in [-0.05, 0) is 52.0 Å². The van der Waals surface area contributed by atoms with Crippen LogP contribution in [0.3, 0.4) is 0 Å². The van der Waals surface area contributed by atoms with E-state index in [2.05, 4.69) is 36.1 Å². The Morgan fingerprint density at radius 3 is 2.45 bits per heavy atom. The maximum Gasteiger partial charge on any atom is 0.261 e. The number of amides is 1. The van der Waals surface area contributed by atoms with Crippen LogP contribution in [0.15, 0.2) is 0 Å². The zero-order valence-electron chi connectivity index (χ0n) is 14.3. The zero-order valence-corrected chi connectivity index (χ0v) is 15.1. The second-order valence-electron chi connectivity index (χ2n) is 6.44. The van der Waals surface area contributed by atoms with Crippen LogP contribution >= 0.6 is 11.3 Å². The molecule has 0 aliphatic carbocycles. The summed E-state index contributed by atoms with van der Waals surface area (Å²) >= 11 is 1.46. The lowest BCUT2D eigenvalue weighted by Gasteiger charge is -2.14. The van der Waals surface area contributed by atoms with Gasteiger partial charge in [-0.1, -0.05) is 13.8 Å². The minimum atomic E-state index is 0.00816. The monoisotopic (exact) mass is 319 g/mol. The number of thiophene rings is 1. The fraction of sp³-hybridized carbons (Fsp3) is 0.588. The van der Waals surface area contributed by atoms with Gasteiger partial charge < -0.3 is 5.32 Å². The SMILES string of the molecule is Cc1nc(C)c2c(C)c(C(=O)NC(C)CCC(C)C)sc2n1. The van der Waals surface area contributed by atoms with Gasteiger partial charge in [0.05, 0.1) is 4.88 Å². The topological polar surface area (TPSA) is 54.9 Å². The van der Waals surface area contributed by atoms with E-state index in [-0.39, 0.29) is 11.9 Å². The van der Waals surface area contributed by atoms with E-state index in [1.165, 1.54) is 11.3 Å². The third-order valence-corrected chi connectivity index (χ3v) is 5.03. The molecule has 0 saturated carbocycles. The van der Waals surface area contributed by atoms with E-state index in [0.29, 0.717) is 5.92 Å². The van der Waals surface area contributed by atoms with Gasteiger partial charge in [-0.15, -0.1) is 11.3 Å². The molecule has 4 nitrogen and oxygen atoms in total. The van der Waals surface area contributed by atoms with E-state index in [0.717, 1.165) is 45.0 Å². The lowest BCUT2D eigenvalue weighted by Crippen LogP contribution is -2.32. The Kier molecular flexibility index (Phi) is 5.16. The van der Waals surface area contributed by atoms with Crippen LogP contribution in [0.1, 0.15) is 60.4 Å². The maximum atomic E-state index is 12.5. The molecule has 2 rings (SSSR count). The van der Waals surface area contributed by atoms with Crippen molar-refractivity contribution in [1.82, 2.24) is 15.3 Å². The molecule has 1 unspecified atom stereocenters. The number of nitrogens with one attached hydrogen (secondary N) is 1. The smallest absolute Gasteiger partial charge is 0.261 e. The van der Waals surface area contributed by atoms with E-state index in [1.807, 2.05) is 20.8 Å². The highest BCUT2D eigenvalue weighted by molar-refractivity contribution is 7.20. The Labute approximate surface area is 136 Å². The first-order chi connectivity index (χ1) is 10.3. The molecule has 0 aromatic carbocycles. The van der Waals surface area contributed by atoms with Crippen molar-refractivity contribution in [3.05, 3.63) is 22.0 Å². The average Bonchev–Trinajstić information content (AvgIpc) is 2.73. The van der Waals surface area contributed by atoms with Gasteiger partial charge in [-0.2, -0.15) is 0 Å². The standard InChI is InChI=1S/C17H25N3OS/c1-9(2)7-8-10(3)18-16(21)15-11(4)14-12(5)19-13(6)20-17(14)22-15/h9-10H,7-8H2,1-6H3,(H,18,21). The van der Waals surface area contributed by atoms with Crippen LogP contribution < -0.4 is 5.32 Å². The quantitative estimate of drug-likeness (QED) is 0.900. The molecule has 2 aromatic heterocycles. The molecule has 1 atom stereocenters. The van der Waals surface area contributed by atoms with E-state index in [1.54, 1.807) is 0 Å². The molecular weight excluding hydrogens is 294 g/mol. The number of aryl methyl sites for hydroxylation is 3. The zero-order chi connectivity index (χ0) is 16.4. The second kappa shape index (κ2) is 6.73. The van der Waals surface area contributed by atoms with Crippen LogP contribution in [0.5, 0.6) is 0 Å². The second-order valence-corrected chi connectivity index (χ2v) is 7.44. The third kappa shape index (κ3) is 3.64. The van der Waals surface area contributed by atoms with Gasteiger partial charge in [0, 0.05) is 17.1 Å². The van der Waals surface area contributed by atoms with Gasteiger partial charge in [-0.25, -0.2) is 9.97 Å². The molecule has 120 valence electrons. The summed E-state index contributed by atoms with van der Waals surface area (Å²) in [6, 6.07) is 0.188. The Balaban J connectivity index is 2.22. The first kappa shape index (κ1) is 16.9. The number of carbonyl (C=O) groups is 1. The predicted molar refractivity (Wildman–Crippen MR) is 92.6 cm³/mol. The molecule has 0 fully saturated rings. The van der Waals surface area contributed by atoms with Crippen LogP contribution in [-0.2, 0) is 0 Å². The summed E-state index contributed by atoms with van der Waals surface area (Å²) in [6.45, 7) is 12.3. The van der Waals surface area contributed by atoms with Gasteiger partial charge in [0.15, 0.2) is 0 Å². The first-order valence-corrected chi connectivity index (χ1v) is 8.66. The molecule has 1 N–H and O–H groups in total. The summed E-state index contributed by atoms with van der Waals surface area (Å²) in [4.78, 5) is 23.1. The van der Waals surface area contributed by atoms with Crippen LogP contribution in [0.4, 0.5) is 0 Å². The van der Waals surface area contributed by atoms with Crippen molar-refractivity contribution in [3.63, 3.8) is 0 Å². The number of carbonyl (C=O) groups excluding carboxylic acids is 1. The van der Waals surface area contributed by atoms with Crippen molar-refractivity contribution in [2.75, 3.05) is 0 Å². The summed E-state index contributed by atoms with van der Waals surface area (Å²) < 4.78 is 0. The lowest BCUT2D eigenvalue weighted by molar-refractivity contribution is 0.0941. The number of nitrogens with zero attached hydrogens (tertiary/aromatic N) is 2. The van der Waals surface area contributed by atoms with E-state index >= 15 is 0 Å². The van der Waals surface area contributed by atoms with Crippen molar-refractivity contribution in [3.8, 4) is 0 Å². The average molecular weight is 319 g/mol. The largest absolute Gasteiger partial charge is 0.349 e. The van der Waals surface area contributed by atoms with Crippen molar-refractivity contribution in [2.45, 2.75) is 60.4 Å². The van der Waals surface area contributed by atoms with Gasteiger partial charge in [0.2, 0.25) is 0 Å². The number of hydrogen-bond donors (Lipinski definition) is 1. The number of hydrogen-bond acceptors (Lipinski definition) is 4. The van der Waals surface area contributed by atoms with E-state index in [4.69, 9.17) is 0 Å². The normalized spacial score (nSPS) is 12.9. The fourth-order valence-corrected chi connectivity index (χ4v) is 3.82. The highest BCUT2D eigenvalue weighted by atomic mass is 32.1. The first-order valence-electron chi connectivity index (χ1n) is 7.84. The molecule has 0 bridgehead atoms. The number of aromatic nitrogens is 2. The highest BCUT2D eigenvalue weighted by Crippen LogP contribution is 2.31. The molecule has 0 radical (unpaired) electrons. The molecule has 2 heterocycles. The Bertz CT molecular complexity index is 691. The van der Waals surface area contributed by atoms with Crippen LogP contribution in [-0.4, -0.2) is 21.9 Å². The minimum Gasteiger partial charge on any atom is -0.349 e. The van der Waals surface area contributed by atoms with Crippen molar-refractivity contribution in [2.24, 2.45) is 5.92 Å². The molecule has 5 heteroatoms. The maximum absolute atomic E-state index is 12.5.